The number of oxime groups is 1. The summed E-state index contributed by atoms with van der Waals surface area (Å²) in [7, 11) is 0. The molecule has 1 saturated carbocycles. The van der Waals surface area contributed by atoms with Crippen molar-refractivity contribution in [1.29, 1.82) is 5.26 Å². The molecule has 1 heterocycles. The number of nitriles is 1. The number of hydrogen-bond donors (Lipinski definition) is 0. The molecule has 0 saturated heterocycles. The van der Waals surface area contributed by atoms with Gasteiger partial charge >= 0.3 is 12.1 Å². The molecule has 1 fully saturated rings. The second-order valence-corrected chi connectivity index (χ2v) is 8.80. The number of halogens is 3. The zero-order valence-electron chi connectivity index (χ0n) is 19.9. The van der Waals surface area contributed by atoms with Crippen LogP contribution >= 0.6 is 0 Å². The molecule has 1 aliphatic rings. The number of hydrogen-bond acceptors (Lipinski definition) is 7. The van der Waals surface area contributed by atoms with Crippen LogP contribution in [0, 0.1) is 28.4 Å². The highest BCUT2D eigenvalue weighted by Crippen LogP contribution is 2.35. The fourth-order valence-corrected chi connectivity index (χ4v) is 4.77. The van der Waals surface area contributed by atoms with Gasteiger partial charge in [-0.25, -0.2) is 4.79 Å². The molecule has 0 N–H and O–H groups in total. The third kappa shape index (κ3) is 5.41. The molecule has 37 heavy (non-hydrogen) atoms. The Hall–Kier alpha value is -3.98. The predicted molar refractivity (Wildman–Crippen MR) is 128 cm³/mol. The van der Waals surface area contributed by atoms with Gasteiger partial charge in [0.25, 0.3) is 5.69 Å². The number of fused-ring (bicyclic) bond motifs is 3. The van der Waals surface area contributed by atoms with Gasteiger partial charge < -0.3 is 14.1 Å². The van der Waals surface area contributed by atoms with E-state index in [0.29, 0.717) is 40.5 Å². The SMILES string of the molecule is Cc1c(/C(C#N)=N/OC(=O)C(F)(F)F)ccc2c1c1cc([N+](=O)[O-])ccc1n2CCOC1CCCCC1. The van der Waals surface area contributed by atoms with Gasteiger partial charge in [0.1, 0.15) is 6.07 Å². The van der Waals surface area contributed by atoms with Crippen molar-refractivity contribution in [2.24, 2.45) is 5.16 Å². The number of carbonyl (C=O) groups excluding carboxylic acids is 1. The van der Waals surface area contributed by atoms with Crippen molar-refractivity contribution in [3.63, 3.8) is 0 Å². The Kier molecular flexibility index (Phi) is 7.45. The third-order valence-electron chi connectivity index (χ3n) is 6.52. The summed E-state index contributed by atoms with van der Waals surface area (Å²) in [6.45, 7) is 2.52. The van der Waals surface area contributed by atoms with Gasteiger partial charge in [-0.15, -0.1) is 0 Å². The van der Waals surface area contributed by atoms with E-state index in [4.69, 9.17) is 4.74 Å². The van der Waals surface area contributed by atoms with Gasteiger partial charge in [-0.3, -0.25) is 10.1 Å². The van der Waals surface area contributed by atoms with Crippen LogP contribution in [0.3, 0.4) is 0 Å². The van der Waals surface area contributed by atoms with Crippen LogP contribution in [0.15, 0.2) is 35.5 Å². The molecule has 0 unspecified atom stereocenters. The number of aromatic nitrogens is 1. The minimum absolute atomic E-state index is 0.133. The summed E-state index contributed by atoms with van der Waals surface area (Å²) in [6, 6.07) is 9.25. The summed E-state index contributed by atoms with van der Waals surface area (Å²) in [4.78, 5) is 25.9. The maximum absolute atomic E-state index is 12.5. The molecule has 194 valence electrons. The highest BCUT2D eigenvalue weighted by atomic mass is 19.4. The quantitative estimate of drug-likeness (QED) is 0.172. The molecular formula is C25H23F3N4O5. The summed E-state index contributed by atoms with van der Waals surface area (Å²) < 4.78 is 45.5. The molecule has 0 radical (unpaired) electrons. The van der Waals surface area contributed by atoms with E-state index in [9.17, 15) is 33.3 Å². The summed E-state index contributed by atoms with van der Waals surface area (Å²) in [5.74, 6) is -2.55. The Bertz CT molecular complexity index is 1430. The molecule has 12 heteroatoms. The number of nitro groups is 1. The average Bonchev–Trinajstić information content (AvgIpc) is 3.19. The number of nitrogens with zero attached hydrogens (tertiary/aromatic N) is 4. The van der Waals surface area contributed by atoms with Gasteiger partial charge in [0.15, 0.2) is 5.71 Å². The Morgan fingerprint density at radius 1 is 1.22 bits per heavy atom. The van der Waals surface area contributed by atoms with E-state index in [-0.39, 0.29) is 17.4 Å². The zero-order chi connectivity index (χ0) is 26.7. The number of non-ortho nitro benzene ring substituents is 1. The molecule has 1 aromatic heterocycles. The summed E-state index contributed by atoms with van der Waals surface area (Å²) in [5.41, 5.74) is 1.31. The highest BCUT2D eigenvalue weighted by Gasteiger charge is 2.42. The molecule has 9 nitrogen and oxygen atoms in total. The van der Waals surface area contributed by atoms with Gasteiger partial charge in [-0.05, 0) is 43.5 Å². The number of rotatable bonds is 7. The topological polar surface area (TPSA) is 120 Å². The highest BCUT2D eigenvalue weighted by molar-refractivity contribution is 6.18. The maximum atomic E-state index is 12.5. The molecule has 0 bridgehead atoms. The second-order valence-electron chi connectivity index (χ2n) is 8.80. The second kappa shape index (κ2) is 10.6. The first kappa shape index (κ1) is 26.1. The molecule has 0 aliphatic heterocycles. The van der Waals surface area contributed by atoms with Crippen molar-refractivity contribution in [3.8, 4) is 6.07 Å². The monoisotopic (exact) mass is 516 g/mol. The number of nitro benzene ring substituents is 1. The lowest BCUT2D eigenvalue weighted by Gasteiger charge is -2.22. The van der Waals surface area contributed by atoms with Crippen LogP contribution in [0.1, 0.15) is 43.2 Å². The van der Waals surface area contributed by atoms with Gasteiger partial charge in [0.2, 0.25) is 0 Å². The normalized spacial score (nSPS) is 15.2. The molecule has 1 aliphatic carbocycles. The largest absolute Gasteiger partial charge is 0.493 e. The molecule has 0 amide bonds. The van der Waals surface area contributed by atoms with Crippen LogP contribution < -0.4 is 0 Å². The number of benzene rings is 2. The average molecular weight is 516 g/mol. The Labute approximate surface area is 209 Å². The first-order valence-electron chi connectivity index (χ1n) is 11.7. The predicted octanol–water partition coefficient (Wildman–Crippen LogP) is 5.69. The first-order chi connectivity index (χ1) is 17.6. The number of alkyl halides is 3. The van der Waals surface area contributed by atoms with Gasteiger partial charge in [0, 0.05) is 46.0 Å². The lowest BCUT2D eigenvalue weighted by atomic mass is 9.98. The van der Waals surface area contributed by atoms with E-state index >= 15 is 0 Å². The Balaban J connectivity index is 1.77. The van der Waals surface area contributed by atoms with E-state index in [1.807, 2.05) is 4.57 Å². The van der Waals surface area contributed by atoms with E-state index in [0.717, 1.165) is 25.7 Å². The fraction of sp³-hybridized carbons (Fsp3) is 0.400. The van der Waals surface area contributed by atoms with E-state index in [1.54, 1.807) is 25.1 Å². The van der Waals surface area contributed by atoms with E-state index in [2.05, 4.69) is 9.99 Å². The van der Waals surface area contributed by atoms with Crippen LogP contribution in [0.25, 0.3) is 21.8 Å². The van der Waals surface area contributed by atoms with Crippen LogP contribution in [-0.2, 0) is 20.9 Å². The lowest BCUT2D eigenvalue weighted by Crippen LogP contribution is -2.24. The standard InChI is InChI=1S/C25H23F3N4O5/c1-15-18(20(14-29)30-37-24(33)25(26,27)28)8-10-22-23(15)19-13-16(32(34)35)7-9-21(19)31(22)11-12-36-17-5-3-2-4-6-17/h7-10,13,17H,2-6,11-12H2,1H3/b30-20+. The third-order valence-corrected chi connectivity index (χ3v) is 6.52. The van der Waals surface area contributed by atoms with Crippen molar-refractivity contribution in [1.82, 2.24) is 4.57 Å². The molecule has 3 aromatic rings. The van der Waals surface area contributed by atoms with Gasteiger partial charge in [0.05, 0.1) is 17.6 Å². The first-order valence-corrected chi connectivity index (χ1v) is 11.7. The van der Waals surface area contributed by atoms with E-state index < -0.39 is 22.8 Å². The smallest absolute Gasteiger partial charge is 0.376 e. The van der Waals surface area contributed by atoms with Crippen LogP contribution in [0.4, 0.5) is 18.9 Å². The molecular weight excluding hydrogens is 493 g/mol. The number of aryl methyl sites for hydroxylation is 1. The number of ether oxygens (including phenoxy) is 1. The molecule has 4 rings (SSSR count). The van der Waals surface area contributed by atoms with Crippen molar-refractivity contribution >= 4 is 39.2 Å². The molecule has 0 spiro atoms. The summed E-state index contributed by atoms with van der Waals surface area (Å²) in [5, 5.41) is 25.2. The zero-order valence-corrected chi connectivity index (χ0v) is 19.9. The Morgan fingerprint density at radius 2 is 1.92 bits per heavy atom. The van der Waals surface area contributed by atoms with Crippen molar-refractivity contribution in [2.45, 2.75) is 57.9 Å². The number of carbonyl (C=O) groups is 1. The van der Waals surface area contributed by atoms with Gasteiger partial charge in [-0.1, -0.05) is 24.4 Å². The summed E-state index contributed by atoms with van der Waals surface area (Å²) >= 11 is 0. The minimum atomic E-state index is -5.27. The molecule has 2 aromatic carbocycles. The van der Waals surface area contributed by atoms with Crippen molar-refractivity contribution < 1.29 is 32.5 Å². The van der Waals surface area contributed by atoms with Crippen LogP contribution in [0.2, 0.25) is 0 Å². The maximum Gasteiger partial charge on any atom is 0.493 e. The molecule has 0 atom stereocenters. The van der Waals surface area contributed by atoms with Gasteiger partial charge in [-0.2, -0.15) is 18.4 Å². The van der Waals surface area contributed by atoms with Crippen molar-refractivity contribution in [2.75, 3.05) is 6.61 Å². The van der Waals surface area contributed by atoms with E-state index in [1.165, 1.54) is 24.6 Å². The Morgan fingerprint density at radius 3 is 2.57 bits per heavy atom. The van der Waals surface area contributed by atoms with Crippen LogP contribution in [-0.4, -0.2) is 40.1 Å². The minimum Gasteiger partial charge on any atom is -0.376 e. The van der Waals surface area contributed by atoms with Crippen LogP contribution in [0.5, 0.6) is 0 Å². The summed E-state index contributed by atoms with van der Waals surface area (Å²) in [6.07, 6.45) is 0.421. The van der Waals surface area contributed by atoms with Crippen molar-refractivity contribution in [3.05, 3.63) is 51.6 Å². The lowest BCUT2D eigenvalue weighted by molar-refractivity contribution is -0.384. The fourth-order valence-electron chi connectivity index (χ4n) is 4.77.